The zero-order valence-electron chi connectivity index (χ0n) is 11.1. The molecule has 8 heteroatoms. The number of anilines is 1. The molecular formula is C13H12N6OS. The molecule has 0 aliphatic carbocycles. The molecule has 1 fully saturated rings. The van der Waals surface area contributed by atoms with E-state index in [9.17, 15) is 4.79 Å². The van der Waals surface area contributed by atoms with E-state index in [0.717, 1.165) is 11.3 Å². The Morgan fingerprint density at radius 1 is 1.48 bits per heavy atom. The second-order valence-corrected chi connectivity index (χ2v) is 5.58. The maximum Gasteiger partial charge on any atom is 0.229 e. The van der Waals surface area contributed by atoms with Crippen molar-refractivity contribution in [1.82, 2.24) is 9.97 Å². The summed E-state index contributed by atoms with van der Waals surface area (Å²) in [6.07, 6.45) is 3.83. The van der Waals surface area contributed by atoms with Crippen LogP contribution in [0.4, 0.5) is 5.13 Å². The van der Waals surface area contributed by atoms with E-state index >= 15 is 0 Å². The smallest absolute Gasteiger partial charge is 0.229 e. The van der Waals surface area contributed by atoms with Crippen LogP contribution in [-0.4, -0.2) is 29.0 Å². The highest BCUT2D eigenvalue weighted by atomic mass is 32.1. The standard InChI is InChI=1S/C13H12N6OS/c14-18-16-6-9-5-12(20)19(7-9)13-17-11(8-21-13)10-1-3-15-4-2-10/h1-4,8-9H,5-7H2. The van der Waals surface area contributed by atoms with Crippen LogP contribution in [0.1, 0.15) is 6.42 Å². The van der Waals surface area contributed by atoms with E-state index < -0.39 is 0 Å². The van der Waals surface area contributed by atoms with Gasteiger partial charge in [0.2, 0.25) is 5.91 Å². The van der Waals surface area contributed by atoms with Gasteiger partial charge in [0.15, 0.2) is 5.13 Å². The first-order valence-corrected chi connectivity index (χ1v) is 7.33. The van der Waals surface area contributed by atoms with Gasteiger partial charge < -0.3 is 0 Å². The van der Waals surface area contributed by atoms with E-state index in [1.807, 2.05) is 17.5 Å². The number of hydrogen-bond donors (Lipinski definition) is 0. The molecule has 7 nitrogen and oxygen atoms in total. The summed E-state index contributed by atoms with van der Waals surface area (Å²) in [5, 5.41) is 6.17. The number of azide groups is 1. The SMILES string of the molecule is [N-]=[N+]=NCC1CC(=O)N(c2nc(-c3ccncc3)cs2)C1. The first-order chi connectivity index (χ1) is 10.3. The molecule has 21 heavy (non-hydrogen) atoms. The largest absolute Gasteiger partial charge is 0.288 e. The van der Waals surface area contributed by atoms with Crippen molar-refractivity contribution in [2.75, 3.05) is 18.0 Å². The second kappa shape index (κ2) is 5.90. The third-order valence-corrected chi connectivity index (χ3v) is 4.17. The van der Waals surface area contributed by atoms with Crippen molar-refractivity contribution < 1.29 is 4.79 Å². The quantitative estimate of drug-likeness (QED) is 0.493. The van der Waals surface area contributed by atoms with Crippen LogP contribution in [0.2, 0.25) is 0 Å². The summed E-state index contributed by atoms with van der Waals surface area (Å²) in [5.41, 5.74) is 10.2. The van der Waals surface area contributed by atoms with Crippen LogP contribution in [0, 0.1) is 5.92 Å². The molecule has 1 amide bonds. The van der Waals surface area contributed by atoms with Crippen LogP contribution in [-0.2, 0) is 4.79 Å². The molecule has 0 spiro atoms. The summed E-state index contributed by atoms with van der Waals surface area (Å²) in [6.45, 7) is 0.905. The number of rotatable bonds is 4. The molecule has 3 rings (SSSR count). The Bertz CT molecular complexity index is 694. The van der Waals surface area contributed by atoms with Crippen LogP contribution in [0.15, 0.2) is 35.0 Å². The van der Waals surface area contributed by atoms with Crippen LogP contribution < -0.4 is 4.90 Å². The molecule has 1 aliphatic rings. The topological polar surface area (TPSA) is 94.9 Å². The zero-order chi connectivity index (χ0) is 14.7. The van der Waals surface area contributed by atoms with E-state index in [1.165, 1.54) is 11.3 Å². The minimum Gasteiger partial charge on any atom is -0.288 e. The average molecular weight is 300 g/mol. The van der Waals surface area contributed by atoms with Gasteiger partial charge in [-0.3, -0.25) is 14.7 Å². The van der Waals surface area contributed by atoms with Gasteiger partial charge in [-0.15, -0.1) is 11.3 Å². The third-order valence-electron chi connectivity index (χ3n) is 3.31. The summed E-state index contributed by atoms with van der Waals surface area (Å²) in [4.78, 5) is 25.0. The average Bonchev–Trinajstić information content (AvgIpc) is 3.12. The molecule has 1 unspecified atom stereocenters. The van der Waals surface area contributed by atoms with Crippen LogP contribution in [0.3, 0.4) is 0 Å². The molecule has 0 saturated carbocycles. The number of thiazole rings is 1. The minimum atomic E-state index is 0.0313. The summed E-state index contributed by atoms with van der Waals surface area (Å²) >= 11 is 1.44. The van der Waals surface area contributed by atoms with Crippen molar-refractivity contribution >= 4 is 22.4 Å². The normalized spacial score (nSPS) is 17.8. The Balaban J connectivity index is 1.77. The predicted molar refractivity (Wildman–Crippen MR) is 79.8 cm³/mol. The van der Waals surface area contributed by atoms with Crippen molar-refractivity contribution in [3.63, 3.8) is 0 Å². The molecule has 0 radical (unpaired) electrons. The predicted octanol–water partition coefficient (Wildman–Crippen LogP) is 2.87. The fourth-order valence-electron chi connectivity index (χ4n) is 2.28. The van der Waals surface area contributed by atoms with Crippen LogP contribution in [0.5, 0.6) is 0 Å². The van der Waals surface area contributed by atoms with E-state index in [4.69, 9.17) is 5.53 Å². The molecule has 1 saturated heterocycles. The summed E-state index contributed by atoms with van der Waals surface area (Å²) in [5.74, 6) is 0.102. The van der Waals surface area contributed by atoms with Gasteiger partial charge in [-0.05, 0) is 23.6 Å². The lowest BCUT2D eigenvalue weighted by atomic mass is 10.1. The van der Waals surface area contributed by atoms with Crippen LogP contribution in [0.25, 0.3) is 21.7 Å². The molecule has 2 aromatic rings. The minimum absolute atomic E-state index is 0.0313. The highest BCUT2D eigenvalue weighted by Gasteiger charge is 2.31. The van der Waals surface area contributed by atoms with E-state index in [1.54, 1.807) is 17.3 Å². The third kappa shape index (κ3) is 2.86. The number of nitrogens with zero attached hydrogens (tertiary/aromatic N) is 6. The number of aromatic nitrogens is 2. The molecule has 1 atom stereocenters. The molecule has 106 valence electrons. The Morgan fingerprint density at radius 2 is 2.29 bits per heavy atom. The summed E-state index contributed by atoms with van der Waals surface area (Å²) < 4.78 is 0. The second-order valence-electron chi connectivity index (χ2n) is 4.74. The highest BCUT2D eigenvalue weighted by Crippen LogP contribution is 2.31. The molecule has 0 N–H and O–H groups in total. The van der Waals surface area contributed by atoms with E-state index in [-0.39, 0.29) is 11.8 Å². The lowest BCUT2D eigenvalue weighted by molar-refractivity contribution is -0.117. The van der Waals surface area contributed by atoms with E-state index in [0.29, 0.717) is 24.6 Å². The maximum absolute atomic E-state index is 12.0. The number of carbonyl (C=O) groups excluding carboxylic acids is 1. The first-order valence-electron chi connectivity index (χ1n) is 6.45. The van der Waals surface area contributed by atoms with Crippen molar-refractivity contribution in [3.05, 3.63) is 40.3 Å². The van der Waals surface area contributed by atoms with Crippen LogP contribution >= 0.6 is 11.3 Å². The van der Waals surface area contributed by atoms with Gasteiger partial charge in [-0.1, -0.05) is 5.11 Å². The van der Waals surface area contributed by atoms with Crippen molar-refractivity contribution in [3.8, 4) is 11.3 Å². The lowest BCUT2D eigenvalue weighted by Gasteiger charge is -2.11. The van der Waals surface area contributed by atoms with Gasteiger partial charge in [0.05, 0.1) is 5.69 Å². The van der Waals surface area contributed by atoms with Gasteiger partial charge in [-0.25, -0.2) is 4.98 Å². The monoisotopic (exact) mass is 300 g/mol. The van der Waals surface area contributed by atoms with Crippen molar-refractivity contribution in [1.29, 1.82) is 0 Å². The molecule has 0 aromatic carbocycles. The van der Waals surface area contributed by atoms with Gasteiger partial charge in [0, 0.05) is 47.8 Å². The fraction of sp³-hybridized carbons (Fsp3) is 0.308. The Hall–Kier alpha value is -2.44. The molecule has 1 aliphatic heterocycles. The summed E-state index contributed by atoms with van der Waals surface area (Å²) in [7, 11) is 0. The van der Waals surface area contributed by atoms with E-state index in [2.05, 4.69) is 20.0 Å². The lowest BCUT2D eigenvalue weighted by Crippen LogP contribution is -2.24. The van der Waals surface area contributed by atoms with Crippen molar-refractivity contribution in [2.45, 2.75) is 6.42 Å². The fourth-order valence-corrected chi connectivity index (χ4v) is 3.14. The summed E-state index contributed by atoms with van der Waals surface area (Å²) in [6, 6.07) is 3.77. The molecule has 2 aromatic heterocycles. The number of hydrogen-bond acceptors (Lipinski definition) is 5. The first kappa shape index (κ1) is 13.5. The number of amides is 1. The van der Waals surface area contributed by atoms with Gasteiger partial charge in [0.1, 0.15) is 0 Å². The Kier molecular flexibility index (Phi) is 3.81. The number of carbonyl (C=O) groups is 1. The zero-order valence-corrected chi connectivity index (χ0v) is 11.9. The van der Waals surface area contributed by atoms with Gasteiger partial charge in [0.25, 0.3) is 0 Å². The van der Waals surface area contributed by atoms with Crippen molar-refractivity contribution in [2.24, 2.45) is 11.0 Å². The highest BCUT2D eigenvalue weighted by molar-refractivity contribution is 7.14. The molecular weight excluding hydrogens is 288 g/mol. The van der Waals surface area contributed by atoms with Gasteiger partial charge in [-0.2, -0.15) is 0 Å². The number of pyridine rings is 1. The maximum atomic E-state index is 12.0. The molecule has 3 heterocycles. The molecule has 0 bridgehead atoms. The van der Waals surface area contributed by atoms with Gasteiger partial charge >= 0.3 is 0 Å². The Labute approximate surface area is 124 Å². The Morgan fingerprint density at radius 3 is 3.05 bits per heavy atom.